The molecule has 0 fully saturated rings. The Bertz CT molecular complexity index is 830. The summed E-state index contributed by atoms with van der Waals surface area (Å²) in [5.41, 5.74) is 3.07. The molecule has 0 N–H and O–H groups in total. The first kappa shape index (κ1) is 22.1. The molecule has 6 heteroatoms. The van der Waals surface area contributed by atoms with Gasteiger partial charge in [0.1, 0.15) is 12.4 Å². The quantitative estimate of drug-likeness (QED) is 0.599. The second-order valence-corrected chi connectivity index (χ2v) is 6.72. The fourth-order valence-corrected chi connectivity index (χ4v) is 2.92. The van der Waals surface area contributed by atoms with Crippen LogP contribution in [0.3, 0.4) is 0 Å². The van der Waals surface area contributed by atoms with Gasteiger partial charge in [0.2, 0.25) is 11.7 Å². The summed E-state index contributed by atoms with van der Waals surface area (Å²) in [4.78, 5) is 14.0. The summed E-state index contributed by atoms with van der Waals surface area (Å²) in [5.74, 6) is 2.28. The number of amides is 1. The molecule has 0 spiro atoms. The zero-order valence-corrected chi connectivity index (χ0v) is 17.9. The van der Waals surface area contributed by atoms with Crippen molar-refractivity contribution in [2.75, 3.05) is 41.5 Å². The molecule has 0 aliphatic heterocycles. The van der Waals surface area contributed by atoms with Crippen LogP contribution in [0, 0.1) is 13.8 Å². The van der Waals surface area contributed by atoms with Crippen molar-refractivity contribution in [2.45, 2.75) is 13.8 Å². The molecule has 6 nitrogen and oxygen atoms in total. The smallest absolute Gasteiger partial charge is 0.246 e. The van der Waals surface area contributed by atoms with E-state index in [4.69, 9.17) is 18.9 Å². The molecule has 156 valence electrons. The maximum absolute atomic E-state index is 12.4. The maximum Gasteiger partial charge on any atom is 0.246 e. The zero-order chi connectivity index (χ0) is 21.4. The first-order valence-corrected chi connectivity index (χ1v) is 9.32. The minimum absolute atomic E-state index is 0.122. The normalized spacial score (nSPS) is 10.7. The number of methoxy groups -OCH3 is 3. The Morgan fingerprint density at radius 2 is 1.52 bits per heavy atom. The predicted molar refractivity (Wildman–Crippen MR) is 114 cm³/mol. The van der Waals surface area contributed by atoms with Gasteiger partial charge >= 0.3 is 0 Å². The van der Waals surface area contributed by atoms with Crippen LogP contribution in [0.15, 0.2) is 36.4 Å². The van der Waals surface area contributed by atoms with Gasteiger partial charge in [0.15, 0.2) is 11.5 Å². The Morgan fingerprint density at radius 3 is 2.03 bits per heavy atom. The molecule has 0 unspecified atom stereocenters. The first-order chi connectivity index (χ1) is 13.9. The second-order valence-electron chi connectivity index (χ2n) is 6.72. The van der Waals surface area contributed by atoms with Gasteiger partial charge < -0.3 is 23.8 Å². The van der Waals surface area contributed by atoms with Crippen molar-refractivity contribution >= 4 is 12.0 Å². The second kappa shape index (κ2) is 10.4. The molecule has 2 aromatic rings. The summed E-state index contributed by atoms with van der Waals surface area (Å²) >= 11 is 0. The monoisotopic (exact) mass is 399 g/mol. The lowest BCUT2D eigenvalue weighted by Crippen LogP contribution is -2.29. The Labute approximate surface area is 172 Å². The molecule has 0 radical (unpaired) electrons. The van der Waals surface area contributed by atoms with Crippen molar-refractivity contribution in [3.05, 3.63) is 53.1 Å². The SMILES string of the molecule is COc1cc(/C=C/C(=O)N(C)CCOc2cc(C)cc(C)c2)cc(OC)c1OC. The van der Waals surface area contributed by atoms with E-state index in [9.17, 15) is 4.79 Å². The summed E-state index contributed by atoms with van der Waals surface area (Å²) in [6.07, 6.45) is 3.23. The van der Waals surface area contributed by atoms with Gasteiger partial charge in [-0.2, -0.15) is 0 Å². The minimum atomic E-state index is -0.122. The molecule has 0 aliphatic rings. The van der Waals surface area contributed by atoms with Gasteiger partial charge in [-0.05, 0) is 60.9 Å². The Hall–Kier alpha value is -3.15. The van der Waals surface area contributed by atoms with E-state index in [-0.39, 0.29) is 5.91 Å². The number of hydrogen-bond donors (Lipinski definition) is 0. The van der Waals surface area contributed by atoms with E-state index < -0.39 is 0 Å². The van der Waals surface area contributed by atoms with Crippen molar-refractivity contribution in [3.63, 3.8) is 0 Å². The lowest BCUT2D eigenvalue weighted by Gasteiger charge is -2.16. The number of likely N-dealkylation sites (N-methyl/N-ethyl adjacent to an activating group) is 1. The third kappa shape index (κ3) is 6.17. The number of carbonyl (C=O) groups is 1. The van der Waals surface area contributed by atoms with Crippen LogP contribution < -0.4 is 18.9 Å². The van der Waals surface area contributed by atoms with E-state index >= 15 is 0 Å². The highest BCUT2D eigenvalue weighted by molar-refractivity contribution is 5.91. The van der Waals surface area contributed by atoms with Gasteiger partial charge in [0.05, 0.1) is 27.9 Å². The third-order valence-corrected chi connectivity index (χ3v) is 4.37. The summed E-state index contributed by atoms with van der Waals surface area (Å²) in [7, 11) is 6.40. The van der Waals surface area contributed by atoms with Crippen LogP contribution in [-0.4, -0.2) is 52.3 Å². The number of nitrogens with zero attached hydrogens (tertiary/aromatic N) is 1. The Morgan fingerprint density at radius 1 is 0.931 bits per heavy atom. The molecule has 2 rings (SSSR count). The molecular formula is C23H29NO5. The first-order valence-electron chi connectivity index (χ1n) is 9.32. The summed E-state index contributed by atoms with van der Waals surface area (Å²) in [6.45, 7) is 4.96. The molecule has 0 saturated carbocycles. The zero-order valence-electron chi connectivity index (χ0n) is 17.9. The van der Waals surface area contributed by atoms with Crippen molar-refractivity contribution in [1.82, 2.24) is 4.90 Å². The highest BCUT2D eigenvalue weighted by Gasteiger charge is 2.12. The maximum atomic E-state index is 12.4. The van der Waals surface area contributed by atoms with Crippen LogP contribution in [0.4, 0.5) is 0 Å². The lowest BCUT2D eigenvalue weighted by atomic mass is 10.1. The molecule has 2 aromatic carbocycles. The van der Waals surface area contributed by atoms with Crippen LogP contribution in [0.25, 0.3) is 6.08 Å². The van der Waals surface area contributed by atoms with Crippen LogP contribution in [0.2, 0.25) is 0 Å². The predicted octanol–water partition coefficient (Wildman–Crippen LogP) is 3.88. The lowest BCUT2D eigenvalue weighted by molar-refractivity contribution is -0.125. The topological polar surface area (TPSA) is 57.2 Å². The van der Waals surface area contributed by atoms with E-state index in [2.05, 4.69) is 6.07 Å². The molecule has 0 heterocycles. The number of hydrogen-bond acceptors (Lipinski definition) is 5. The van der Waals surface area contributed by atoms with Gasteiger partial charge in [-0.25, -0.2) is 0 Å². The fourth-order valence-electron chi connectivity index (χ4n) is 2.92. The van der Waals surface area contributed by atoms with Gasteiger partial charge in [-0.1, -0.05) is 6.07 Å². The molecule has 0 atom stereocenters. The molecule has 0 aromatic heterocycles. The number of benzene rings is 2. The van der Waals surface area contributed by atoms with E-state index in [0.717, 1.165) is 22.4 Å². The van der Waals surface area contributed by atoms with E-state index in [1.165, 1.54) is 6.08 Å². The molecule has 29 heavy (non-hydrogen) atoms. The van der Waals surface area contributed by atoms with E-state index in [1.807, 2.05) is 26.0 Å². The summed E-state index contributed by atoms with van der Waals surface area (Å²) < 4.78 is 21.8. The number of aryl methyl sites for hydroxylation is 2. The van der Waals surface area contributed by atoms with Gasteiger partial charge in [0, 0.05) is 13.1 Å². The Kier molecular flexibility index (Phi) is 7.95. The average Bonchev–Trinajstić information content (AvgIpc) is 2.70. The largest absolute Gasteiger partial charge is 0.493 e. The van der Waals surface area contributed by atoms with Crippen molar-refractivity contribution in [3.8, 4) is 23.0 Å². The van der Waals surface area contributed by atoms with Gasteiger partial charge in [-0.15, -0.1) is 0 Å². The summed E-state index contributed by atoms with van der Waals surface area (Å²) in [6, 6.07) is 9.64. The van der Waals surface area contributed by atoms with Crippen LogP contribution in [-0.2, 0) is 4.79 Å². The van der Waals surface area contributed by atoms with E-state index in [0.29, 0.717) is 30.4 Å². The third-order valence-electron chi connectivity index (χ3n) is 4.37. The molecule has 0 aliphatic carbocycles. The number of carbonyl (C=O) groups excluding carboxylic acids is 1. The number of rotatable bonds is 9. The van der Waals surface area contributed by atoms with E-state index in [1.54, 1.807) is 51.5 Å². The van der Waals surface area contributed by atoms with Crippen LogP contribution in [0.5, 0.6) is 23.0 Å². The van der Waals surface area contributed by atoms with Crippen molar-refractivity contribution in [2.24, 2.45) is 0 Å². The minimum Gasteiger partial charge on any atom is -0.493 e. The van der Waals surface area contributed by atoms with Crippen LogP contribution >= 0.6 is 0 Å². The average molecular weight is 399 g/mol. The van der Waals surface area contributed by atoms with Crippen molar-refractivity contribution in [1.29, 1.82) is 0 Å². The van der Waals surface area contributed by atoms with Gasteiger partial charge in [0.25, 0.3) is 0 Å². The standard InChI is InChI=1S/C23H29NO5/c1-16-11-17(2)13-19(12-16)29-10-9-24(3)22(25)8-7-18-14-20(26-4)23(28-6)21(15-18)27-5/h7-8,11-15H,9-10H2,1-6H3/b8-7+. The molecule has 0 bridgehead atoms. The highest BCUT2D eigenvalue weighted by atomic mass is 16.5. The summed E-state index contributed by atoms with van der Waals surface area (Å²) in [5, 5.41) is 0. The number of ether oxygens (including phenoxy) is 4. The molecular weight excluding hydrogens is 370 g/mol. The van der Waals surface area contributed by atoms with Gasteiger partial charge in [-0.3, -0.25) is 4.79 Å². The fraction of sp³-hybridized carbons (Fsp3) is 0.348. The molecule has 0 saturated heterocycles. The molecule has 1 amide bonds. The highest BCUT2D eigenvalue weighted by Crippen LogP contribution is 2.38. The Balaban J connectivity index is 1.97. The van der Waals surface area contributed by atoms with Crippen LogP contribution in [0.1, 0.15) is 16.7 Å². The van der Waals surface area contributed by atoms with Crippen molar-refractivity contribution < 1.29 is 23.7 Å².